The average molecular weight is 446 g/mol. The van der Waals surface area contributed by atoms with Gasteiger partial charge in [-0.2, -0.15) is 0 Å². The molecule has 0 aliphatic carbocycles. The molecule has 0 aliphatic rings. The van der Waals surface area contributed by atoms with E-state index in [0.717, 1.165) is 6.42 Å². The summed E-state index contributed by atoms with van der Waals surface area (Å²) in [7, 11) is 0. The van der Waals surface area contributed by atoms with E-state index in [2.05, 4.69) is 77.7 Å². The fourth-order valence-electron chi connectivity index (χ4n) is 4.20. The van der Waals surface area contributed by atoms with Crippen LogP contribution in [0.15, 0.2) is 133 Å². The van der Waals surface area contributed by atoms with Crippen LogP contribution in [0, 0.1) is 0 Å². The van der Waals surface area contributed by atoms with Crippen molar-refractivity contribution in [2.75, 3.05) is 0 Å². The lowest BCUT2D eigenvalue weighted by molar-refractivity contribution is -0.120. The number of hydrogen-bond donors (Lipinski definition) is 0. The molecule has 0 fully saturated rings. The predicted molar refractivity (Wildman–Crippen MR) is 140 cm³/mol. The van der Waals surface area contributed by atoms with Crippen LogP contribution in [0.5, 0.6) is 0 Å². The van der Waals surface area contributed by atoms with Gasteiger partial charge in [0, 0.05) is 13.1 Å². The second kappa shape index (κ2) is 12.5. The van der Waals surface area contributed by atoms with Gasteiger partial charge in [0.2, 0.25) is 0 Å². The molecule has 0 saturated carbocycles. The van der Waals surface area contributed by atoms with E-state index in [1.165, 1.54) is 22.3 Å². The van der Waals surface area contributed by atoms with Gasteiger partial charge in [0.15, 0.2) is 5.78 Å². The van der Waals surface area contributed by atoms with Crippen LogP contribution in [-0.4, -0.2) is 16.7 Å². The Balaban J connectivity index is 1.61. The summed E-state index contributed by atoms with van der Waals surface area (Å²) in [5.74, 6) is 0.145. The Morgan fingerprint density at radius 2 is 1.00 bits per heavy atom. The summed E-state index contributed by atoms with van der Waals surface area (Å²) >= 11 is 0. The lowest BCUT2D eigenvalue weighted by Gasteiger charge is -2.30. The highest BCUT2D eigenvalue weighted by molar-refractivity contribution is 5.94. The molecule has 170 valence electrons. The van der Waals surface area contributed by atoms with Crippen molar-refractivity contribution in [3.05, 3.63) is 156 Å². The summed E-state index contributed by atoms with van der Waals surface area (Å²) in [5.41, 5.74) is 4.79. The van der Waals surface area contributed by atoms with Crippen molar-refractivity contribution in [3.63, 3.8) is 0 Å². The number of rotatable bonds is 11. The van der Waals surface area contributed by atoms with Crippen molar-refractivity contribution in [3.8, 4) is 0 Å². The highest BCUT2D eigenvalue weighted by Crippen LogP contribution is 2.18. The molecular formula is C32H31NO. The first-order chi connectivity index (χ1) is 16.8. The van der Waals surface area contributed by atoms with Gasteiger partial charge in [-0.3, -0.25) is 9.69 Å². The molecule has 0 saturated heterocycles. The normalized spacial score (nSPS) is 12.1. The third kappa shape index (κ3) is 7.13. The second-order valence-corrected chi connectivity index (χ2v) is 8.58. The van der Waals surface area contributed by atoms with Crippen LogP contribution in [0.3, 0.4) is 0 Å². The van der Waals surface area contributed by atoms with E-state index in [1.54, 1.807) is 6.08 Å². The molecule has 2 nitrogen and oxygen atoms in total. The number of allylic oxidation sites excluding steroid dienone is 1. The first kappa shape index (κ1) is 23.4. The maximum Gasteiger partial charge on any atom is 0.172 e. The number of hydrogen-bond acceptors (Lipinski definition) is 2. The van der Waals surface area contributed by atoms with Crippen LogP contribution in [0.25, 0.3) is 0 Å². The number of carbonyl (C=O) groups excluding carboxylic acids is 1. The number of ketones is 1. The van der Waals surface area contributed by atoms with E-state index < -0.39 is 0 Å². The minimum absolute atomic E-state index is 0.145. The number of benzene rings is 4. The van der Waals surface area contributed by atoms with E-state index in [4.69, 9.17) is 0 Å². The van der Waals surface area contributed by atoms with Gasteiger partial charge < -0.3 is 0 Å². The van der Waals surface area contributed by atoms with Crippen LogP contribution >= 0.6 is 0 Å². The van der Waals surface area contributed by atoms with E-state index in [-0.39, 0.29) is 11.8 Å². The fourth-order valence-corrected chi connectivity index (χ4v) is 4.20. The number of nitrogens with zero attached hydrogens (tertiary/aromatic N) is 1. The highest BCUT2D eigenvalue weighted by atomic mass is 16.1. The summed E-state index contributed by atoms with van der Waals surface area (Å²) < 4.78 is 0. The molecule has 0 aromatic heterocycles. The standard InChI is InChI=1S/C32H31NO/c34-32(23-13-22-27-14-5-1-6-15-27)31(24-28-16-7-2-8-17-28)33(25-29-18-9-3-10-19-29)26-30-20-11-4-12-21-30/h1-21,23,31H,22,24-26H2/b23-13+/t31-/m0/s1. The monoisotopic (exact) mass is 445 g/mol. The van der Waals surface area contributed by atoms with Crippen molar-refractivity contribution in [2.45, 2.75) is 32.0 Å². The minimum Gasteiger partial charge on any atom is -0.293 e. The quantitative estimate of drug-likeness (QED) is 0.240. The maximum absolute atomic E-state index is 13.6. The van der Waals surface area contributed by atoms with Crippen molar-refractivity contribution in [2.24, 2.45) is 0 Å². The van der Waals surface area contributed by atoms with Crippen LogP contribution in [0.4, 0.5) is 0 Å². The zero-order valence-electron chi connectivity index (χ0n) is 19.5. The zero-order valence-corrected chi connectivity index (χ0v) is 19.5. The Labute approximate surface area is 203 Å². The second-order valence-electron chi connectivity index (χ2n) is 8.58. The molecule has 0 aliphatic heterocycles. The average Bonchev–Trinajstić information content (AvgIpc) is 2.89. The first-order valence-electron chi connectivity index (χ1n) is 11.9. The molecule has 4 aromatic rings. The summed E-state index contributed by atoms with van der Waals surface area (Å²) in [6.45, 7) is 1.43. The summed E-state index contributed by atoms with van der Waals surface area (Å²) in [5, 5.41) is 0. The first-order valence-corrected chi connectivity index (χ1v) is 11.9. The predicted octanol–water partition coefficient (Wildman–Crippen LogP) is 6.67. The molecule has 0 heterocycles. The van der Waals surface area contributed by atoms with E-state index in [1.807, 2.05) is 54.6 Å². The minimum atomic E-state index is -0.255. The Morgan fingerprint density at radius 1 is 0.588 bits per heavy atom. The van der Waals surface area contributed by atoms with Crippen LogP contribution in [0.2, 0.25) is 0 Å². The van der Waals surface area contributed by atoms with Crippen LogP contribution in [-0.2, 0) is 30.7 Å². The lowest BCUT2D eigenvalue weighted by atomic mass is 9.98. The van der Waals surface area contributed by atoms with Gasteiger partial charge in [-0.25, -0.2) is 0 Å². The molecule has 34 heavy (non-hydrogen) atoms. The Kier molecular flexibility index (Phi) is 8.59. The summed E-state index contributed by atoms with van der Waals surface area (Å²) in [6.07, 6.45) is 5.21. The molecular weight excluding hydrogens is 414 g/mol. The smallest absolute Gasteiger partial charge is 0.172 e. The van der Waals surface area contributed by atoms with Gasteiger partial charge in [-0.05, 0) is 41.2 Å². The van der Waals surface area contributed by atoms with Crippen molar-refractivity contribution >= 4 is 5.78 Å². The molecule has 0 radical (unpaired) electrons. The molecule has 2 heteroatoms. The lowest BCUT2D eigenvalue weighted by Crippen LogP contribution is -2.41. The van der Waals surface area contributed by atoms with Crippen molar-refractivity contribution < 1.29 is 4.79 Å². The van der Waals surface area contributed by atoms with Crippen LogP contribution in [0.1, 0.15) is 22.3 Å². The van der Waals surface area contributed by atoms with Gasteiger partial charge >= 0.3 is 0 Å². The van der Waals surface area contributed by atoms with Gasteiger partial charge in [0.05, 0.1) is 6.04 Å². The molecule has 0 N–H and O–H groups in total. The van der Waals surface area contributed by atoms with E-state index in [9.17, 15) is 4.79 Å². The molecule has 0 unspecified atom stereocenters. The highest BCUT2D eigenvalue weighted by Gasteiger charge is 2.25. The Morgan fingerprint density at radius 3 is 1.47 bits per heavy atom. The third-order valence-electron chi connectivity index (χ3n) is 5.98. The molecule has 4 rings (SSSR count). The van der Waals surface area contributed by atoms with Crippen molar-refractivity contribution in [1.29, 1.82) is 0 Å². The Bertz CT molecular complexity index is 1110. The summed E-state index contributed by atoms with van der Waals surface area (Å²) in [4.78, 5) is 15.9. The van der Waals surface area contributed by atoms with E-state index >= 15 is 0 Å². The fraction of sp³-hybridized carbons (Fsp3) is 0.156. The Hall–Kier alpha value is -3.75. The molecule has 1 atom stereocenters. The molecule has 4 aromatic carbocycles. The molecule has 0 spiro atoms. The molecule has 0 bridgehead atoms. The topological polar surface area (TPSA) is 20.3 Å². The SMILES string of the molecule is O=C(/C=C/Cc1ccccc1)[C@H](Cc1ccccc1)N(Cc1ccccc1)Cc1ccccc1. The maximum atomic E-state index is 13.6. The number of carbonyl (C=O) groups is 1. The third-order valence-corrected chi connectivity index (χ3v) is 5.98. The van der Waals surface area contributed by atoms with Gasteiger partial charge in [0.25, 0.3) is 0 Å². The van der Waals surface area contributed by atoms with Gasteiger partial charge in [0.1, 0.15) is 0 Å². The van der Waals surface area contributed by atoms with E-state index in [0.29, 0.717) is 19.5 Å². The van der Waals surface area contributed by atoms with Crippen molar-refractivity contribution in [1.82, 2.24) is 4.90 Å². The zero-order chi connectivity index (χ0) is 23.4. The molecule has 0 amide bonds. The van der Waals surface area contributed by atoms with Gasteiger partial charge in [-0.1, -0.05) is 127 Å². The largest absolute Gasteiger partial charge is 0.293 e. The summed E-state index contributed by atoms with van der Waals surface area (Å²) in [6, 6.07) is 41.2. The van der Waals surface area contributed by atoms with Gasteiger partial charge in [-0.15, -0.1) is 0 Å². The van der Waals surface area contributed by atoms with Crippen LogP contribution < -0.4 is 0 Å².